The first-order chi connectivity index (χ1) is 12.5. The zero-order valence-electron chi connectivity index (χ0n) is 15.7. The van der Waals surface area contributed by atoms with Crippen molar-refractivity contribution in [1.29, 1.82) is 0 Å². The number of benzene rings is 2. The fourth-order valence-electron chi connectivity index (χ4n) is 2.66. The number of ether oxygens (including phenoxy) is 2. The number of amides is 1. The second-order valence-corrected chi connectivity index (χ2v) is 5.93. The van der Waals surface area contributed by atoms with Crippen LogP contribution in [0.5, 0.6) is 5.75 Å². The summed E-state index contributed by atoms with van der Waals surface area (Å²) in [5.74, 6) is -0.357. The third-order valence-corrected chi connectivity index (χ3v) is 4.21. The molecular weight excluding hydrogens is 330 g/mol. The normalized spacial score (nSPS) is 11.5. The molecule has 2 aromatic carbocycles. The maximum absolute atomic E-state index is 12.5. The van der Waals surface area contributed by atoms with Crippen LogP contribution < -0.4 is 10.1 Å². The maximum Gasteiger partial charge on any atom is 0.339 e. The number of aryl methyl sites for hydroxylation is 2. The smallest absolute Gasteiger partial charge is 0.339 e. The molecule has 1 atom stereocenters. The van der Waals surface area contributed by atoms with Crippen LogP contribution in [0, 0.1) is 0 Å². The van der Waals surface area contributed by atoms with Gasteiger partial charge in [-0.25, -0.2) is 4.79 Å². The molecule has 0 aromatic heterocycles. The van der Waals surface area contributed by atoms with Crippen LogP contribution >= 0.6 is 0 Å². The van der Waals surface area contributed by atoms with Gasteiger partial charge in [0.25, 0.3) is 5.91 Å². The van der Waals surface area contributed by atoms with Gasteiger partial charge in [0.15, 0.2) is 6.10 Å². The lowest BCUT2D eigenvalue weighted by Crippen LogP contribution is -2.30. The van der Waals surface area contributed by atoms with Gasteiger partial charge in [-0.3, -0.25) is 4.79 Å². The van der Waals surface area contributed by atoms with Gasteiger partial charge in [0.2, 0.25) is 0 Å². The van der Waals surface area contributed by atoms with Crippen molar-refractivity contribution in [2.75, 3.05) is 12.4 Å². The summed E-state index contributed by atoms with van der Waals surface area (Å²) in [6, 6.07) is 12.6. The van der Waals surface area contributed by atoms with Crippen molar-refractivity contribution >= 4 is 17.6 Å². The molecule has 0 heterocycles. The summed E-state index contributed by atoms with van der Waals surface area (Å²) in [6.45, 7) is 5.64. The molecule has 0 bridgehead atoms. The summed E-state index contributed by atoms with van der Waals surface area (Å²) < 4.78 is 10.4. The molecule has 0 spiro atoms. The largest absolute Gasteiger partial charge is 0.497 e. The van der Waals surface area contributed by atoms with Crippen LogP contribution in [-0.2, 0) is 22.4 Å². The van der Waals surface area contributed by atoms with Gasteiger partial charge in [0, 0.05) is 5.69 Å². The van der Waals surface area contributed by atoms with E-state index in [1.54, 1.807) is 31.2 Å². The summed E-state index contributed by atoms with van der Waals surface area (Å²) in [5.41, 5.74) is 3.27. The lowest BCUT2D eigenvalue weighted by molar-refractivity contribution is -0.123. The van der Waals surface area contributed by atoms with Gasteiger partial charge >= 0.3 is 5.97 Å². The van der Waals surface area contributed by atoms with Gasteiger partial charge in [-0.2, -0.15) is 0 Å². The number of carbonyl (C=O) groups is 2. The molecule has 26 heavy (non-hydrogen) atoms. The highest BCUT2D eigenvalue weighted by atomic mass is 16.5. The van der Waals surface area contributed by atoms with Gasteiger partial charge in [-0.15, -0.1) is 0 Å². The van der Waals surface area contributed by atoms with Crippen molar-refractivity contribution in [3.05, 3.63) is 59.2 Å². The van der Waals surface area contributed by atoms with Gasteiger partial charge in [0.1, 0.15) is 5.75 Å². The van der Waals surface area contributed by atoms with Crippen LogP contribution in [0.25, 0.3) is 0 Å². The molecule has 0 aliphatic carbocycles. The van der Waals surface area contributed by atoms with E-state index in [0.717, 1.165) is 29.7 Å². The maximum atomic E-state index is 12.5. The van der Waals surface area contributed by atoms with E-state index in [2.05, 4.69) is 5.32 Å². The summed E-state index contributed by atoms with van der Waals surface area (Å²) in [6.07, 6.45) is 0.700. The number of carbonyl (C=O) groups excluding carboxylic acids is 2. The summed E-state index contributed by atoms with van der Waals surface area (Å²) in [5, 5.41) is 2.92. The Labute approximate surface area is 154 Å². The second-order valence-electron chi connectivity index (χ2n) is 5.93. The van der Waals surface area contributed by atoms with Crippen molar-refractivity contribution in [3.63, 3.8) is 0 Å². The first-order valence-electron chi connectivity index (χ1n) is 8.76. The van der Waals surface area contributed by atoms with Crippen LogP contribution in [0.1, 0.15) is 42.3 Å². The highest BCUT2D eigenvalue weighted by molar-refractivity contribution is 5.98. The molecule has 2 rings (SSSR count). The van der Waals surface area contributed by atoms with E-state index in [1.807, 2.05) is 32.0 Å². The van der Waals surface area contributed by atoms with Crippen molar-refractivity contribution in [3.8, 4) is 5.75 Å². The summed E-state index contributed by atoms with van der Waals surface area (Å²) in [4.78, 5) is 24.8. The third kappa shape index (κ3) is 4.63. The number of hydrogen-bond donors (Lipinski definition) is 1. The van der Waals surface area contributed by atoms with E-state index < -0.39 is 12.1 Å². The van der Waals surface area contributed by atoms with E-state index in [1.165, 1.54) is 7.11 Å². The predicted octanol–water partition coefficient (Wildman–Crippen LogP) is 4.00. The predicted molar refractivity (Wildman–Crippen MR) is 102 cm³/mol. The zero-order chi connectivity index (χ0) is 19.1. The van der Waals surface area contributed by atoms with Crippen molar-refractivity contribution in [2.45, 2.75) is 39.7 Å². The molecule has 5 heteroatoms. The summed E-state index contributed by atoms with van der Waals surface area (Å²) in [7, 11) is 1.52. The Balaban J connectivity index is 2.09. The van der Waals surface area contributed by atoms with Gasteiger partial charge in [0.05, 0.1) is 12.7 Å². The lowest BCUT2D eigenvalue weighted by Gasteiger charge is -2.18. The van der Waals surface area contributed by atoms with E-state index in [4.69, 9.17) is 9.47 Å². The molecule has 0 aliphatic heterocycles. The average molecular weight is 355 g/mol. The number of rotatable bonds is 7. The number of esters is 1. The molecule has 0 aliphatic rings. The monoisotopic (exact) mass is 355 g/mol. The summed E-state index contributed by atoms with van der Waals surface area (Å²) >= 11 is 0. The molecule has 138 valence electrons. The Hall–Kier alpha value is -2.82. The highest BCUT2D eigenvalue weighted by Gasteiger charge is 2.21. The number of methoxy groups -OCH3 is 1. The standard InChI is InChI=1S/C21H25NO4/c1-5-15-9-7-10-16(6-2)19(15)22-20(23)14(3)26-21(24)17-11-8-12-18(13-17)25-4/h7-14H,5-6H2,1-4H3,(H,22,23)/t14-/m0/s1. The SMILES string of the molecule is CCc1cccc(CC)c1NC(=O)[C@H](C)OC(=O)c1cccc(OC)c1. The Morgan fingerprint density at radius 1 is 1.04 bits per heavy atom. The van der Waals surface area contributed by atoms with Crippen molar-refractivity contribution in [1.82, 2.24) is 0 Å². The molecule has 0 saturated heterocycles. The zero-order valence-corrected chi connectivity index (χ0v) is 15.7. The van der Waals surface area contributed by atoms with Crippen LogP contribution in [0.15, 0.2) is 42.5 Å². The van der Waals surface area contributed by atoms with E-state index >= 15 is 0 Å². The molecule has 2 aromatic rings. The average Bonchev–Trinajstić information content (AvgIpc) is 2.67. The Morgan fingerprint density at radius 3 is 2.23 bits per heavy atom. The first-order valence-corrected chi connectivity index (χ1v) is 8.76. The number of para-hydroxylation sites is 1. The van der Waals surface area contributed by atoms with E-state index in [9.17, 15) is 9.59 Å². The minimum atomic E-state index is -0.914. The molecule has 1 N–H and O–H groups in total. The van der Waals surface area contributed by atoms with Gasteiger partial charge in [-0.1, -0.05) is 38.1 Å². The molecule has 1 amide bonds. The van der Waals surface area contributed by atoms with Gasteiger partial charge in [-0.05, 0) is 49.1 Å². The number of anilines is 1. The fourth-order valence-corrected chi connectivity index (χ4v) is 2.66. The van der Waals surface area contributed by atoms with Crippen LogP contribution in [-0.4, -0.2) is 25.1 Å². The molecular formula is C21H25NO4. The Morgan fingerprint density at radius 2 is 1.65 bits per heavy atom. The number of hydrogen-bond acceptors (Lipinski definition) is 4. The quantitative estimate of drug-likeness (QED) is 0.762. The van der Waals surface area contributed by atoms with Crippen molar-refractivity contribution < 1.29 is 19.1 Å². The van der Waals surface area contributed by atoms with E-state index in [-0.39, 0.29) is 5.91 Å². The van der Waals surface area contributed by atoms with Crippen LogP contribution in [0.4, 0.5) is 5.69 Å². The van der Waals surface area contributed by atoms with Crippen LogP contribution in [0.3, 0.4) is 0 Å². The number of nitrogens with one attached hydrogen (secondary N) is 1. The first kappa shape index (κ1) is 19.5. The Bertz CT molecular complexity index is 763. The minimum Gasteiger partial charge on any atom is -0.497 e. The molecule has 0 radical (unpaired) electrons. The van der Waals surface area contributed by atoms with E-state index in [0.29, 0.717) is 11.3 Å². The highest BCUT2D eigenvalue weighted by Crippen LogP contribution is 2.23. The fraction of sp³-hybridized carbons (Fsp3) is 0.333. The van der Waals surface area contributed by atoms with Crippen LogP contribution in [0.2, 0.25) is 0 Å². The second kappa shape index (κ2) is 9.04. The molecule has 0 unspecified atom stereocenters. The molecule has 0 saturated carbocycles. The minimum absolute atomic E-state index is 0.340. The van der Waals surface area contributed by atoms with Crippen molar-refractivity contribution in [2.24, 2.45) is 0 Å². The third-order valence-electron chi connectivity index (χ3n) is 4.21. The topological polar surface area (TPSA) is 64.6 Å². The molecule has 5 nitrogen and oxygen atoms in total. The molecule has 0 fully saturated rings. The Kier molecular flexibility index (Phi) is 6.78. The lowest BCUT2D eigenvalue weighted by atomic mass is 10.0. The van der Waals surface area contributed by atoms with Gasteiger partial charge < -0.3 is 14.8 Å².